The lowest BCUT2D eigenvalue weighted by atomic mass is 10.00. The van der Waals surface area contributed by atoms with Gasteiger partial charge in [-0.2, -0.15) is 0 Å². The molecule has 0 radical (unpaired) electrons. The van der Waals surface area contributed by atoms with E-state index in [0.717, 1.165) is 52.0 Å². The molecule has 0 aromatic heterocycles. The first-order valence-electron chi connectivity index (χ1n) is 10.8. The molecule has 0 aliphatic carbocycles. The Morgan fingerprint density at radius 3 is 1.84 bits per heavy atom. The SMILES string of the molecule is COCCc1cc(C=O)c2ccccc2c1.COCCc1cc(CO)c2ccccc2c1. The highest BCUT2D eigenvalue weighted by Gasteiger charge is 2.04. The average molecular weight is 431 g/mol. The predicted molar refractivity (Wildman–Crippen MR) is 130 cm³/mol. The number of aliphatic hydroxyl groups excluding tert-OH is 1. The van der Waals surface area contributed by atoms with Gasteiger partial charge in [-0.1, -0.05) is 66.7 Å². The van der Waals surface area contributed by atoms with Crippen molar-refractivity contribution in [1.29, 1.82) is 0 Å². The molecule has 4 aromatic carbocycles. The Labute approximate surface area is 189 Å². The lowest BCUT2D eigenvalue weighted by Crippen LogP contribution is -1.96. The summed E-state index contributed by atoms with van der Waals surface area (Å²) in [7, 11) is 3.38. The molecule has 0 amide bonds. The minimum Gasteiger partial charge on any atom is -0.392 e. The Morgan fingerprint density at radius 1 is 0.750 bits per heavy atom. The quantitative estimate of drug-likeness (QED) is 0.382. The standard InChI is InChI=1S/C14H16O2.C14H14O2/c2*1-16-7-6-11-8-12-4-2-3-5-14(12)13(9-11)10-15/h2-5,8-9,15H,6-7,10H2,1H3;2-5,8-10H,6-7H2,1H3. The first-order valence-corrected chi connectivity index (χ1v) is 10.8. The van der Waals surface area contributed by atoms with E-state index >= 15 is 0 Å². The van der Waals surface area contributed by atoms with Crippen molar-refractivity contribution in [2.75, 3.05) is 27.4 Å². The van der Waals surface area contributed by atoms with Gasteiger partial charge in [0.15, 0.2) is 6.29 Å². The van der Waals surface area contributed by atoms with Crippen LogP contribution in [-0.2, 0) is 28.9 Å². The molecule has 0 saturated heterocycles. The summed E-state index contributed by atoms with van der Waals surface area (Å²) in [6, 6.07) is 24.3. The third kappa shape index (κ3) is 6.01. The molecule has 0 heterocycles. The fourth-order valence-electron chi connectivity index (χ4n) is 3.82. The minimum atomic E-state index is 0.0847. The summed E-state index contributed by atoms with van der Waals surface area (Å²) >= 11 is 0. The first-order chi connectivity index (χ1) is 15.7. The fourth-order valence-corrected chi connectivity index (χ4v) is 3.82. The normalized spacial score (nSPS) is 10.7. The monoisotopic (exact) mass is 430 g/mol. The van der Waals surface area contributed by atoms with Crippen molar-refractivity contribution in [3.05, 3.63) is 95.1 Å². The highest BCUT2D eigenvalue weighted by Crippen LogP contribution is 2.22. The van der Waals surface area contributed by atoms with Crippen LogP contribution >= 0.6 is 0 Å². The number of aliphatic hydroxyl groups is 1. The molecule has 0 aliphatic heterocycles. The summed E-state index contributed by atoms with van der Waals surface area (Å²) in [5, 5.41) is 13.8. The molecule has 0 atom stereocenters. The third-order valence-corrected chi connectivity index (χ3v) is 5.45. The number of methoxy groups -OCH3 is 2. The lowest BCUT2D eigenvalue weighted by molar-refractivity contribution is 0.112. The summed E-state index contributed by atoms with van der Waals surface area (Å²) in [6.07, 6.45) is 2.63. The predicted octanol–water partition coefficient (Wildman–Crippen LogP) is 5.36. The van der Waals surface area contributed by atoms with Gasteiger partial charge in [0, 0.05) is 19.8 Å². The van der Waals surface area contributed by atoms with Crippen LogP contribution in [0.1, 0.15) is 27.0 Å². The largest absolute Gasteiger partial charge is 0.392 e. The van der Waals surface area contributed by atoms with Crippen LogP contribution in [0.2, 0.25) is 0 Å². The van der Waals surface area contributed by atoms with Crippen LogP contribution in [0.15, 0.2) is 72.8 Å². The average Bonchev–Trinajstić information content (AvgIpc) is 2.85. The second-order valence-electron chi connectivity index (χ2n) is 7.64. The number of rotatable bonds is 8. The summed E-state index contributed by atoms with van der Waals surface area (Å²) in [4.78, 5) is 11.0. The minimum absolute atomic E-state index is 0.0847. The smallest absolute Gasteiger partial charge is 0.150 e. The van der Waals surface area contributed by atoms with Crippen LogP contribution in [0, 0.1) is 0 Å². The van der Waals surface area contributed by atoms with E-state index in [0.29, 0.717) is 13.2 Å². The van der Waals surface area contributed by atoms with Crippen molar-refractivity contribution in [3.63, 3.8) is 0 Å². The summed E-state index contributed by atoms with van der Waals surface area (Å²) < 4.78 is 10.1. The molecule has 0 bridgehead atoms. The molecule has 32 heavy (non-hydrogen) atoms. The van der Waals surface area contributed by atoms with Crippen molar-refractivity contribution >= 4 is 27.8 Å². The number of aldehydes is 1. The van der Waals surface area contributed by atoms with Crippen LogP contribution in [-0.4, -0.2) is 38.8 Å². The second kappa shape index (κ2) is 12.1. The van der Waals surface area contributed by atoms with Gasteiger partial charge in [0.2, 0.25) is 0 Å². The highest BCUT2D eigenvalue weighted by molar-refractivity contribution is 5.98. The molecule has 4 aromatic rings. The summed E-state index contributed by atoms with van der Waals surface area (Å²) in [6.45, 7) is 1.47. The molecule has 4 heteroatoms. The van der Waals surface area contributed by atoms with Crippen LogP contribution in [0.3, 0.4) is 0 Å². The molecule has 4 nitrogen and oxygen atoms in total. The van der Waals surface area contributed by atoms with E-state index in [1.54, 1.807) is 14.2 Å². The molecular weight excluding hydrogens is 400 g/mol. The van der Waals surface area contributed by atoms with Gasteiger partial charge in [0.1, 0.15) is 0 Å². The van der Waals surface area contributed by atoms with Crippen LogP contribution < -0.4 is 0 Å². The fraction of sp³-hybridized carbons (Fsp3) is 0.250. The third-order valence-electron chi connectivity index (χ3n) is 5.45. The Bertz CT molecular complexity index is 1170. The maximum atomic E-state index is 11.0. The van der Waals surface area contributed by atoms with Gasteiger partial charge in [0.25, 0.3) is 0 Å². The van der Waals surface area contributed by atoms with Crippen molar-refractivity contribution in [3.8, 4) is 0 Å². The zero-order valence-corrected chi connectivity index (χ0v) is 18.7. The first kappa shape index (κ1) is 23.6. The Balaban J connectivity index is 0.000000181. The Hall–Kier alpha value is -3.05. The maximum Gasteiger partial charge on any atom is 0.150 e. The van der Waals surface area contributed by atoms with E-state index in [-0.39, 0.29) is 6.61 Å². The molecule has 0 saturated carbocycles. The Morgan fingerprint density at radius 2 is 1.28 bits per heavy atom. The van der Waals surface area contributed by atoms with E-state index in [2.05, 4.69) is 24.3 Å². The van der Waals surface area contributed by atoms with Gasteiger partial charge in [0.05, 0.1) is 19.8 Å². The number of benzene rings is 4. The molecule has 4 rings (SSSR count). The van der Waals surface area contributed by atoms with Crippen molar-refractivity contribution in [2.24, 2.45) is 0 Å². The molecule has 0 unspecified atom stereocenters. The van der Waals surface area contributed by atoms with Crippen molar-refractivity contribution in [2.45, 2.75) is 19.4 Å². The molecule has 166 valence electrons. The second-order valence-corrected chi connectivity index (χ2v) is 7.64. The van der Waals surface area contributed by atoms with E-state index in [1.165, 1.54) is 10.9 Å². The van der Waals surface area contributed by atoms with Gasteiger partial charge < -0.3 is 14.6 Å². The zero-order chi connectivity index (χ0) is 22.8. The van der Waals surface area contributed by atoms with Crippen molar-refractivity contribution in [1.82, 2.24) is 0 Å². The molecule has 1 N–H and O–H groups in total. The number of ether oxygens (including phenoxy) is 2. The van der Waals surface area contributed by atoms with Gasteiger partial charge >= 0.3 is 0 Å². The number of fused-ring (bicyclic) bond motifs is 2. The lowest BCUT2D eigenvalue weighted by Gasteiger charge is -2.08. The Kier molecular flexibility index (Phi) is 8.93. The molecule has 0 aliphatic rings. The van der Waals surface area contributed by atoms with Crippen LogP contribution in [0.25, 0.3) is 21.5 Å². The number of carbonyl (C=O) groups excluding carboxylic acids is 1. The van der Waals surface area contributed by atoms with E-state index in [9.17, 15) is 9.90 Å². The molecule has 0 fully saturated rings. The van der Waals surface area contributed by atoms with Crippen LogP contribution in [0.4, 0.5) is 0 Å². The van der Waals surface area contributed by atoms with Crippen LogP contribution in [0.5, 0.6) is 0 Å². The van der Waals surface area contributed by atoms with E-state index in [4.69, 9.17) is 9.47 Å². The van der Waals surface area contributed by atoms with E-state index in [1.807, 2.05) is 48.5 Å². The number of carbonyl (C=O) groups is 1. The van der Waals surface area contributed by atoms with Gasteiger partial charge in [-0.25, -0.2) is 0 Å². The highest BCUT2D eigenvalue weighted by atomic mass is 16.5. The van der Waals surface area contributed by atoms with E-state index < -0.39 is 0 Å². The maximum absolute atomic E-state index is 11.0. The van der Waals surface area contributed by atoms with Gasteiger partial charge in [-0.15, -0.1) is 0 Å². The molecular formula is C28H30O4. The number of hydrogen-bond acceptors (Lipinski definition) is 4. The summed E-state index contributed by atoms with van der Waals surface area (Å²) in [5.41, 5.74) is 4.10. The zero-order valence-electron chi connectivity index (χ0n) is 18.7. The topological polar surface area (TPSA) is 55.8 Å². The van der Waals surface area contributed by atoms with Gasteiger partial charge in [-0.3, -0.25) is 4.79 Å². The van der Waals surface area contributed by atoms with Gasteiger partial charge in [-0.05, 0) is 57.1 Å². The van der Waals surface area contributed by atoms with Crippen molar-refractivity contribution < 1.29 is 19.4 Å². The summed E-state index contributed by atoms with van der Waals surface area (Å²) in [5.74, 6) is 0. The molecule has 0 spiro atoms. The number of hydrogen-bond donors (Lipinski definition) is 1.